The summed E-state index contributed by atoms with van der Waals surface area (Å²) in [5.74, 6) is 1.47. The molecule has 2 rings (SSSR count). The molecule has 2 atom stereocenters. The zero-order valence-corrected chi connectivity index (χ0v) is 14.0. The monoisotopic (exact) mass is 323 g/mol. The molecule has 0 aliphatic rings. The van der Waals surface area contributed by atoms with Crippen LogP contribution in [-0.4, -0.2) is 24.7 Å². The molecule has 7 heteroatoms. The lowest BCUT2D eigenvalue weighted by Gasteiger charge is -2.18. The van der Waals surface area contributed by atoms with Gasteiger partial charge in [-0.1, -0.05) is 0 Å². The maximum Gasteiger partial charge on any atom is 0.315 e. The van der Waals surface area contributed by atoms with E-state index >= 15 is 0 Å². The van der Waals surface area contributed by atoms with Gasteiger partial charge in [-0.3, -0.25) is 0 Å². The van der Waals surface area contributed by atoms with Crippen LogP contribution in [0, 0.1) is 13.8 Å². The first-order valence-corrected chi connectivity index (χ1v) is 7.92. The highest BCUT2D eigenvalue weighted by atomic mass is 32.1. The maximum atomic E-state index is 12.2. The van der Waals surface area contributed by atoms with E-state index in [1.165, 1.54) is 0 Å². The van der Waals surface area contributed by atoms with Gasteiger partial charge in [0.1, 0.15) is 17.6 Å². The second-order valence-electron chi connectivity index (χ2n) is 5.09. The van der Waals surface area contributed by atoms with Crippen molar-refractivity contribution in [3.8, 4) is 0 Å². The van der Waals surface area contributed by atoms with Gasteiger partial charge in [0.15, 0.2) is 0 Å². The van der Waals surface area contributed by atoms with E-state index in [4.69, 9.17) is 9.15 Å². The summed E-state index contributed by atoms with van der Waals surface area (Å²) in [6.45, 7) is 6.04. The number of urea groups is 1. The molecule has 0 saturated heterocycles. The van der Waals surface area contributed by atoms with E-state index in [-0.39, 0.29) is 18.1 Å². The number of furan rings is 1. The number of aromatic nitrogens is 1. The van der Waals surface area contributed by atoms with Crippen molar-refractivity contribution < 1.29 is 13.9 Å². The Morgan fingerprint density at radius 3 is 2.73 bits per heavy atom. The van der Waals surface area contributed by atoms with E-state index in [2.05, 4.69) is 15.6 Å². The summed E-state index contributed by atoms with van der Waals surface area (Å²) < 4.78 is 10.7. The Bertz CT molecular complexity index is 623. The molecule has 2 aromatic rings. The molecule has 2 amide bonds. The van der Waals surface area contributed by atoms with Crippen LogP contribution in [-0.2, 0) is 4.74 Å². The van der Waals surface area contributed by atoms with Gasteiger partial charge in [0.25, 0.3) is 0 Å². The molecule has 0 aliphatic heterocycles. The topological polar surface area (TPSA) is 76.4 Å². The first-order valence-electron chi connectivity index (χ1n) is 7.04. The van der Waals surface area contributed by atoms with Crippen molar-refractivity contribution in [2.75, 3.05) is 13.7 Å². The van der Waals surface area contributed by atoms with Crippen LogP contribution in [0.3, 0.4) is 0 Å². The number of amides is 2. The number of thiazole rings is 1. The minimum Gasteiger partial charge on any atom is -0.464 e. The van der Waals surface area contributed by atoms with Gasteiger partial charge in [-0.2, -0.15) is 0 Å². The van der Waals surface area contributed by atoms with Crippen molar-refractivity contribution in [2.45, 2.75) is 32.9 Å². The summed E-state index contributed by atoms with van der Waals surface area (Å²) in [6, 6.07) is 2.92. The summed E-state index contributed by atoms with van der Waals surface area (Å²) in [5, 5.41) is 8.66. The van der Waals surface area contributed by atoms with E-state index in [0.29, 0.717) is 12.4 Å². The van der Waals surface area contributed by atoms with Gasteiger partial charge in [-0.05, 0) is 32.9 Å². The molecule has 0 aliphatic carbocycles. The SMILES string of the molecule is COC[C@@H](NC(=O)N[C@H](C)c1csc(C)n1)c1ccc(C)o1. The van der Waals surface area contributed by atoms with E-state index < -0.39 is 0 Å². The van der Waals surface area contributed by atoms with Gasteiger partial charge in [0.2, 0.25) is 0 Å². The number of carbonyl (C=O) groups is 1. The summed E-state index contributed by atoms with van der Waals surface area (Å²) in [5.41, 5.74) is 0.856. The van der Waals surface area contributed by atoms with Crippen LogP contribution in [0.2, 0.25) is 0 Å². The van der Waals surface area contributed by atoms with Crippen LogP contribution < -0.4 is 10.6 Å². The molecule has 0 saturated carbocycles. The summed E-state index contributed by atoms with van der Waals surface area (Å²) >= 11 is 1.56. The normalized spacial score (nSPS) is 13.6. The van der Waals surface area contributed by atoms with Crippen molar-refractivity contribution >= 4 is 17.4 Å². The van der Waals surface area contributed by atoms with Crippen LogP contribution in [0.15, 0.2) is 21.9 Å². The molecule has 0 spiro atoms. The lowest BCUT2D eigenvalue weighted by molar-refractivity contribution is 0.156. The summed E-state index contributed by atoms with van der Waals surface area (Å²) in [6.07, 6.45) is 0. The van der Waals surface area contributed by atoms with Crippen LogP contribution in [0.1, 0.15) is 41.2 Å². The molecular formula is C15H21N3O3S. The average Bonchev–Trinajstić information content (AvgIpc) is 3.07. The Balaban J connectivity index is 1.96. The third kappa shape index (κ3) is 4.32. The molecule has 6 nitrogen and oxygen atoms in total. The third-order valence-electron chi connectivity index (χ3n) is 3.17. The zero-order valence-electron chi connectivity index (χ0n) is 13.2. The Kier molecular flexibility index (Phi) is 5.57. The third-order valence-corrected chi connectivity index (χ3v) is 3.96. The van der Waals surface area contributed by atoms with Crippen molar-refractivity contribution in [3.63, 3.8) is 0 Å². The molecule has 2 N–H and O–H groups in total. The van der Waals surface area contributed by atoms with E-state index in [0.717, 1.165) is 16.5 Å². The lowest BCUT2D eigenvalue weighted by atomic mass is 10.2. The van der Waals surface area contributed by atoms with Crippen molar-refractivity contribution in [3.05, 3.63) is 39.7 Å². The molecule has 2 heterocycles. The molecule has 0 fully saturated rings. The zero-order chi connectivity index (χ0) is 16.1. The Morgan fingerprint density at radius 1 is 1.41 bits per heavy atom. The quantitative estimate of drug-likeness (QED) is 0.856. The van der Waals surface area contributed by atoms with E-state index in [1.54, 1.807) is 18.4 Å². The number of rotatable bonds is 6. The highest BCUT2D eigenvalue weighted by Gasteiger charge is 2.19. The van der Waals surface area contributed by atoms with Gasteiger partial charge in [-0.15, -0.1) is 11.3 Å². The molecule has 0 aromatic carbocycles. The fraction of sp³-hybridized carbons (Fsp3) is 0.467. The van der Waals surface area contributed by atoms with Crippen molar-refractivity contribution in [1.82, 2.24) is 15.6 Å². The number of ether oxygens (including phenoxy) is 1. The Morgan fingerprint density at radius 2 is 2.18 bits per heavy atom. The second kappa shape index (κ2) is 7.42. The van der Waals surface area contributed by atoms with Crippen LogP contribution in [0.4, 0.5) is 4.79 Å². The predicted molar refractivity (Wildman–Crippen MR) is 85.0 cm³/mol. The number of hydrogen-bond donors (Lipinski definition) is 2. The molecule has 0 radical (unpaired) electrons. The molecule has 2 aromatic heterocycles. The van der Waals surface area contributed by atoms with Gasteiger partial charge in [-0.25, -0.2) is 9.78 Å². The molecule has 120 valence electrons. The molecule has 22 heavy (non-hydrogen) atoms. The molecule has 0 bridgehead atoms. The number of aryl methyl sites for hydroxylation is 2. The van der Waals surface area contributed by atoms with E-state index in [1.807, 2.05) is 38.3 Å². The van der Waals surface area contributed by atoms with Crippen molar-refractivity contribution in [1.29, 1.82) is 0 Å². The largest absolute Gasteiger partial charge is 0.464 e. The van der Waals surface area contributed by atoms with Gasteiger partial charge < -0.3 is 19.8 Å². The first-order chi connectivity index (χ1) is 10.5. The van der Waals surface area contributed by atoms with Crippen molar-refractivity contribution in [2.24, 2.45) is 0 Å². The van der Waals surface area contributed by atoms with Crippen LogP contribution in [0.5, 0.6) is 0 Å². The van der Waals surface area contributed by atoms with Gasteiger partial charge in [0, 0.05) is 12.5 Å². The lowest BCUT2D eigenvalue weighted by Crippen LogP contribution is -2.40. The fourth-order valence-electron chi connectivity index (χ4n) is 2.05. The van der Waals surface area contributed by atoms with E-state index in [9.17, 15) is 4.79 Å². The highest BCUT2D eigenvalue weighted by Crippen LogP contribution is 2.18. The van der Waals surface area contributed by atoms with Gasteiger partial charge >= 0.3 is 6.03 Å². The number of nitrogens with one attached hydrogen (secondary N) is 2. The number of nitrogens with zero attached hydrogens (tertiary/aromatic N) is 1. The second-order valence-corrected chi connectivity index (χ2v) is 6.15. The van der Waals surface area contributed by atoms with Crippen LogP contribution >= 0.6 is 11.3 Å². The standard InChI is InChI=1S/C15H21N3O3S/c1-9-5-6-14(21-9)12(7-20-4)18-15(19)16-10(2)13-8-22-11(3)17-13/h5-6,8,10,12H,7H2,1-4H3,(H2,16,18,19)/t10-,12-/m1/s1. The maximum absolute atomic E-state index is 12.2. The minimum atomic E-state index is -0.330. The van der Waals surface area contributed by atoms with Crippen LogP contribution in [0.25, 0.3) is 0 Å². The Labute approximate surface area is 133 Å². The number of hydrogen-bond acceptors (Lipinski definition) is 5. The molecule has 0 unspecified atom stereocenters. The predicted octanol–water partition coefficient (Wildman–Crippen LogP) is 3.10. The fourth-order valence-corrected chi connectivity index (χ4v) is 2.76. The minimum absolute atomic E-state index is 0.161. The summed E-state index contributed by atoms with van der Waals surface area (Å²) in [4.78, 5) is 16.5. The average molecular weight is 323 g/mol. The van der Waals surface area contributed by atoms with Gasteiger partial charge in [0.05, 0.1) is 23.4 Å². The smallest absolute Gasteiger partial charge is 0.315 e. The molecular weight excluding hydrogens is 302 g/mol. The summed E-state index contributed by atoms with van der Waals surface area (Å²) in [7, 11) is 1.59. The number of methoxy groups -OCH3 is 1. The number of carbonyl (C=O) groups excluding carboxylic acids is 1. The highest BCUT2D eigenvalue weighted by molar-refractivity contribution is 7.09. The Hall–Kier alpha value is -1.86. The first kappa shape index (κ1) is 16.5.